The molecule has 0 aromatic carbocycles. The Morgan fingerprint density at radius 2 is 1.77 bits per heavy atom. The van der Waals surface area contributed by atoms with Gasteiger partial charge in [0.15, 0.2) is 0 Å². The van der Waals surface area contributed by atoms with E-state index in [-0.39, 0.29) is 11.6 Å². The number of carbonyl (C=O) groups is 1. The molecule has 75 valence electrons. The van der Waals surface area contributed by atoms with Gasteiger partial charge in [0.25, 0.3) is 0 Å². The van der Waals surface area contributed by atoms with Crippen LogP contribution in [0.4, 0.5) is 4.79 Å². The van der Waals surface area contributed by atoms with Gasteiger partial charge in [-0.1, -0.05) is 0 Å². The van der Waals surface area contributed by atoms with E-state index in [1.807, 2.05) is 11.9 Å². The quantitative estimate of drug-likeness (QED) is 0.635. The van der Waals surface area contributed by atoms with Crippen molar-refractivity contribution in [2.45, 2.75) is 26.3 Å². The lowest BCUT2D eigenvalue weighted by molar-refractivity contribution is 0.223. The Morgan fingerprint density at radius 1 is 1.31 bits per heavy atom. The van der Waals surface area contributed by atoms with E-state index in [0.717, 1.165) is 0 Å². The Labute approximate surface area is 81.6 Å². The molecule has 0 aliphatic rings. The maximum absolute atomic E-state index is 11.1. The van der Waals surface area contributed by atoms with E-state index in [0.29, 0.717) is 0 Å². The van der Waals surface area contributed by atoms with E-state index >= 15 is 0 Å². The van der Waals surface area contributed by atoms with Crippen molar-refractivity contribution in [1.29, 1.82) is 0 Å². The summed E-state index contributed by atoms with van der Waals surface area (Å²) < 4.78 is 0. The molecule has 5 heteroatoms. The fraction of sp³-hybridized carbons (Fsp3) is 0.875. The number of urea groups is 1. The van der Waals surface area contributed by atoms with Crippen LogP contribution in [0.2, 0.25) is 0 Å². The molecule has 0 aliphatic carbocycles. The highest BCUT2D eigenvalue weighted by molar-refractivity contribution is 6.33. The average Bonchev–Trinajstić information content (AvgIpc) is 2.01. The molecular weight excluding hydrogens is 165 g/mol. The Morgan fingerprint density at radius 3 is 2.08 bits per heavy atom. The monoisotopic (exact) mass is 184 g/mol. The van der Waals surface area contributed by atoms with Gasteiger partial charge in [0.05, 0.1) is 0 Å². The molecule has 13 heavy (non-hydrogen) atoms. The highest BCUT2D eigenvalue weighted by Crippen LogP contribution is 2.08. The number of carbonyl (C=O) groups excluding carboxylic acids is 1. The molecule has 0 atom stereocenters. The van der Waals surface area contributed by atoms with Gasteiger partial charge in [-0.25, -0.2) is 0 Å². The van der Waals surface area contributed by atoms with Crippen LogP contribution >= 0.6 is 0 Å². The lowest BCUT2D eigenvalue weighted by Crippen LogP contribution is -2.50. The van der Waals surface area contributed by atoms with Crippen LogP contribution in [0.25, 0.3) is 0 Å². The number of hydrogen-bond donors (Lipinski definition) is 1. The predicted octanol–water partition coefficient (Wildman–Crippen LogP) is 0.522. The third-order valence-electron chi connectivity index (χ3n) is 1.94. The third-order valence-corrected chi connectivity index (χ3v) is 1.94. The summed E-state index contributed by atoms with van der Waals surface area (Å²) in [5.41, 5.74) is 0.0300. The van der Waals surface area contributed by atoms with E-state index in [9.17, 15) is 4.79 Å². The van der Waals surface area contributed by atoms with E-state index in [2.05, 4.69) is 26.1 Å². The number of nitrogens with zero attached hydrogens (tertiary/aromatic N) is 2. The molecular formula is C8H19BN3O. The molecule has 0 fully saturated rings. The Kier molecular flexibility index (Phi) is 4.26. The molecule has 0 bridgehead atoms. The minimum atomic E-state index is -0.115. The number of nitrogens with one attached hydrogen (secondary N) is 1. The summed E-state index contributed by atoms with van der Waals surface area (Å²) in [7, 11) is 7.06. The molecule has 0 heterocycles. The summed E-state index contributed by atoms with van der Waals surface area (Å²) in [4.78, 5) is 14.6. The Balaban J connectivity index is 4.06. The zero-order valence-corrected chi connectivity index (χ0v) is 9.38. The molecule has 0 rings (SSSR count). The zero-order chi connectivity index (χ0) is 10.6. The summed E-state index contributed by atoms with van der Waals surface area (Å²) in [5.74, 6) is 0. The number of amides is 2. The first-order valence-electron chi connectivity index (χ1n) is 4.31. The van der Waals surface area contributed by atoms with Gasteiger partial charge in [-0.15, -0.1) is 0 Å². The van der Waals surface area contributed by atoms with Gasteiger partial charge in [0.2, 0.25) is 0 Å². The largest absolute Gasteiger partial charge is 0.359 e. The summed E-state index contributed by atoms with van der Waals surface area (Å²) in [6.07, 6.45) is 0. The van der Waals surface area contributed by atoms with Gasteiger partial charge >= 0.3 is 13.6 Å². The van der Waals surface area contributed by atoms with Crippen LogP contribution in [-0.2, 0) is 0 Å². The van der Waals surface area contributed by atoms with Gasteiger partial charge < -0.3 is 14.9 Å². The maximum Gasteiger partial charge on any atom is 0.355 e. The minimum Gasteiger partial charge on any atom is -0.359 e. The fourth-order valence-electron chi connectivity index (χ4n) is 0.662. The van der Waals surface area contributed by atoms with Gasteiger partial charge in [-0.2, -0.15) is 0 Å². The fourth-order valence-corrected chi connectivity index (χ4v) is 0.662. The summed E-state index contributed by atoms with van der Waals surface area (Å²) in [6.45, 7) is 6.25. The molecule has 1 radical (unpaired) electrons. The Bertz CT molecular complexity index is 179. The van der Waals surface area contributed by atoms with Crippen LogP contribution in [0.15, 0.2) is 0 Å². The minimum absolute atomic E-state index is 0.0300. The van der Waals surface area contributed by atoms with Gasteiger partial charge in [0, 0.05) is 12.6 Å². The van der Waals surface area contributed by atoms with Crippen molar-refractivity contribution in [3.05, 3.63) is 0 Å². The molecule has 4 nitrogen and oxygen atoms in total. The zero-order valence-electron chi connectivity index (χ0n) is 9.38. The van der Waals surface area contributed by atoms with Crippen LogP contribution in [0.3, 0.4) is 0 Å². The van der Waals surface area contributed by atoms with Crippen LogP contribution in [-0.4, -0.2) is 49.9 Å². The first-order chi connectivity index (χ1) is 5.79. The molecule has 0 spiro atoms. The van der Waals surface area contributed by atoms with Crippen molar-refractivity contribution in [2.24, 2.45) is 0 Å². The van der Waals surface area contributed by atoms with Crippen molar-refractivity contribution in [3.63, 3.8) is 0 Å². The molecule has 0 aliphatic heterocycles. The van der Waals surface area contributed by atoms with E-state index in [4.69, 9.17) is 0 Å². The van der Waals surface area contributed by atoms with Crippen molar-refractivity contribution >= 4 is 13.6 Å². The van der Waals surface area contributed by atoms with Crippen LogP contribution in [0.5, 0.6) is 0 Å². The maximum atomic E-state index is 11.1. The predicted molar refractivity (Wildman–Crippen MR) is 55.5 cm³/mol. The SMILES string of the molecule is CNC(=O)N(C)[B]N(C)C(C)(C)C. The standard InChI is InChI=1S/C8H19BN3O/c1-8(2,3)12(6)9-11(5)7(13)10-4/h1-6H3,(H,10,13). The number of rotatable bonds is 2. The molecule has 0 saturated carbocycles. The molecule has 2 amide bonds. The highest BCUT2D eigenvalue weighted by Gasteiger charge is 2.21. The topological polar surface area (TPSA) is 35.6 Å². The summed E-state index contributed by atoms with van der Waals surface area (Å²) >= 11 is 0. The van der Waals surface area contributed by atoms with Crippen LogP contribution in [0.1, 0.15) is 20.8 Å². The molecule has 0 saturated heterocycles. The number of hydrogen-bond acceptors (Lipinski definition) is 2. The van der Waals surface area contributed by atoms with E-state index in [1.165, 1.54) is 4.81 Å². The second-order valence-corrected chi connectivity index (χ2v) is 4.06. The Hall–Kier alpha value is -0.705. The van der Waals surface area contributed by atoms with Crippen LogP contribution < -0.4 is 5.32 Å². The first-order valence-corrected chi connectivity index (χ1v) is 4.31. The average molecular weight is 184 g/mol. The molecule has 0 aromatic rings. The smallest absolute Gasteiger partial charge is 0.355 e. The van der Waals surface area contributed by atoms with Gasteiger partial charge in [-0.3, -0.25) is 4.79 Å². The highest BCUT2D eigenvalue weighted by atomic mass is 16.2. The van der Waals surface area contributed by atoms with Gasteiger partial charge in [0.1, 0.15) is 0 Å². The van der Waals surface area contributed by atoms with Gasteiger partial charge in [-0.05, 0) is 34.9 Å². The lowest BCUT2D eigenvalue weighted by Gasteiger charge is -2.33. The normalized spacial score (nSPS) is 11.3. The van der Waals surface area contributed by atoms with E-state index in [1.54, 1.807) is 21.6 Å². The first kappa shape index (κ1) is 12.3. The molecule has 1 N–H and O–H groups in total. The van der Waals surface area contributed by atoms with Crippen LogP contribution in [0, 0.1) is 0 Å². The second-order valence-electron chi connectivity index (χ2n) is 4.06. The lowest BCUT2D eigenvalue weighted by atomic mass is 9.95. The van der Waals surface area contributed by atoms with Crippen molar-refractivity contribution in [3.8, 4) is 0 Å². The molecule has 0 aromatic heterocycles. The van der Waals surface area contributed by atoms with Crippen molar-refractivity contribution < 1.29 is 4.79 Å². The molecule has 0 unspecified atom stereocenters. The van der Waals surface area contributed by atoms with Crippen molar-refractivity contribution in [1.82, 2.24) is 14.9 Å². The third kappa shape index (κ3) is 4.17. The second kappa shape index (κ2) is 4.51. The van der Waals surface area contributed by atoms with Crippen molar-refractivity contribution in [2.75, 3.05) is 21.1 Å². The summed E-state index contributed by atoms with van der Waals surface area (Å²) in [5, 5.41) is 2.55. The summed E-state index contributed by atoms with van der Waals surface area (Å²) in [6, 6.07) is -0.115. The van der Waals surface area contributed by atoms with E-state index < -0.39 is 0 Å².